The third kappa shape index (κ3) is 2.73. The lowest BCUT2D eigenvalue weighted by molar-refractivity contribution is 0.0696. The number of hydrogen-bond acceptors (Lipinski definition) is 4. The molecule has 1 aromatic carbocycles. The number of halogens is 1. The highest BCUT2D eigenvalue weighted by Gasteiger charge is 2.36. The third-order valence-electron chi connectivity index (χ3n) is 3.30. The predicted molar refractivity (Wildman–Crippen MR) is 75.1 cm³/mol. The number of rotatable bonds is 4. The molecule has 0 radical (unpaired) electrons. The zero-order valence-corrected chi connectivity index (χ0v) is 12.9. The van der Waals surface area contributed by atoms with Crippen molar-refractivity contribution in [3.8, 4) is 0 Å². The highest BCUT2D eigenvalue weighted by molar-refractivity contribution is 9.10. The highest BCUT2D eigenvalue weighted by Crippen LogP contribution is 2.30. The first kappa shape index (κ1) is 15.4. The molecule has 1 atom stereocenters. The summed E-state index contributed by atoms with van der Waals surface area (Å²) in [4.78, 5) is 10.9. The second-order valence-corrected chi connectivity index (χ2v) is 7.26. The fourth-order valence-electron chi connectivity index (χ4n) is 2.27. The molecule has 0 unspecified atom stereocenters. The summed E-state index contributed by atoms with van der Waals surface area (Å²) in [6.45, 7) is 0.0900. The Kier molecular flexibility index (Phi) is 4.48. The molecule has 110 valence electrons. The van der Waals surface area contributed by atoms with Crippen molar-refractivity contribution >= 4 is 31.9 Å². The van der Waals surface area contributed by atoms with Gasteiger partial charge in [-0.15, -0.1) is 0 Å². The van der Waals surface area contributed by atoms with Crippen molar-refractivity contribution < 1.29 is 23.4 Å². The van der Waals surface area contributed by atoms with E-state index in [1.807, 2.05) is 0 Å². The average molecular weight is 364 g/mol. The SMILES string of the molecule is O=C(O)c1ccc(Br)c(S(=O)(=O)N2CCC[C@H]2CO)c1. The number of aliphatic hydroxyl groups excluding tert-OH is 1. The molecule has 0 bridgehead atoms. The quantitative estimate of drug-likeness (QED) is 0.840. The molecule has 0 aliphatic carbocycles. The predicted octanol–water partition coefficient (Wildman–Crippen LogP) is 1.29. The first-order valence-corrected chi connectivity index (χ1v) is 8.26. The summed E-state index contributed by atoms with van der Waals surface area (Å²) < 4.78 is 26.7. The van der Waals surface area contributed by atoms with E-state index in [1.165, 1.54) is 16.4 Å². The van der Waals surface area contributed by atoms with Gasteiger partial charge in [-0.1, -0.05) is 0 Å². The summed E-state index contributed by atoms with van der Waals surface area (Å²) in [5.74, 6) is -1.19. The molecule has 1 aliphatic heterocycles. The molecule has 0 aromatic heterocycles. The molecule has 2 rings (SSSR count). The van der Waals surface area contributed by atoms with Crippen LogP contribution in [0.4, 0.5) is 0 Å². The number of carbonyl (C=O) groups is 1. The normalized spacial score (nSPS) is 20.2. The maximum Gasteiger partial charge on any atom is 0.335 e. The van der Waals surface area contributed by atoms with E-state index in [-0.39, 0.29) is 17.1 Å². The van der Waals surface area contributed by atoms with E-state index in [0.717, 1.165) is 6.07 Å². The van der Waals surface area contributed by atoms with E-state index in [2.05, 4.69) is 15.9 Å². The Hall–Kier alpha value is -0.960. The van der Waals surface area contributed by atoms with Gasteiger partial charge in [-0.2, -0.15) is 4.31 Å². The molecule has 2 N–H and O–H groups in total. The maximum absolute atomic E-state index is 12.6. The van der Waals surface area contributed by atoms with Gasteiger partial charge < -0.3 is 10.2 Å². The Morgan fingerprint density at radius 1 is 1.45 bits per heavy atom. The van der Waals surface area contributed by atoms with E-state index in [1.54, 1.807) is 0 Å². The van der Waals surface area contributed by atoms with Gasteiger partial charge in [-0.05, 0) is 47.0 Å². The van der Waals surface area contributed by atoms with Gasteiger partial charge in [0.1, 0.15) is 0 Å². The van der Waals surface area contributed by atoms with Crippen molar-refractivity contribution in [2.45, 2.75) is 23.8 Å². The largest absolute Gasteiger partial charge is 0.478 e. The van der Waals surface area contributed by atoms with Gasteiger partial charge in [-0.25, -0.2) is 13.2 Å². The number of aliphatic hydroxyl groups is 1. The average Bonchev–Trinajstić information content (AvgIpc) is 2.87. The number of aromatic carboxylic acids is 1. The first-order valence-electron chi connectivity index (χ1n) is 6.03. The van der Waals surface area contributed by atoms with Crippen molar-refractivity contribution in [1.29, 1.82) is 0 Å². The lowest BCUT2D eigenvalue weighted by atomic mass is 10.2. The van der Waals surface area contributed by atoms with Gasteiger partial charge in [0.2, 0.25) is 10.0 Å². The van der Waals surface area contributed by atoms with Crippen molar-refractivity contribution in [3.63, 3.8) is 0 Å². The van der Waals surface area contributed by atoms with Gasteiger partial charge >= 0.3 is 5.97 Å². The monoisotopic (exact) mass is 363 g/mol. The molecular formula is C12H14BrNO5S. The van der Waals surface area contributed by atoms with Crippen LogP contribution in [0.1, 0.15) is 23.2 Å². The Balaban J connectivity index is 2.48. The topological polar surface area (TPSA) is 94.9 Å². The van der Waals surface area contributed by atoms with Gasteiger partial charge in [0.05, 0.1) is 17.1 Å². The van der Waals surface area contributed by atoms with E-state index in [9.17, 15) is 18.3 Å². The number of benzene rings is 1. The van der Waals surface area contributed by atoms with E-state index in [4.69, 9.17) is 5.11 Å². The number of sulfonamides is 1. The zero-order chi connectivity index (χ0) is 14.9. The minimum Gasteiger partial charge on any atom is -0.478 e. The molecule has 1 saturated heterocycles. The molecule has 0 amide bonds. The van der Waals surface area contributed by atoms with E-state index in [0.29, 0.717) is 23.9 Å². The second-order valence-electron chi connectivity index (χ2n) is 4.54. The van der Waals surface area contributed by atoms with Crippen LogP contribution in [0, 0.1) is 0 Å². The molecule has 6 nitrogen and oxygen atoms in total. The fraction of sp³-hybridized carbons (Fsp3) is 0.417. The molecule has 1 heterocycles. The van der Waals surface area contributed by atoms with Gasteiger partial charge in [0.15, 0.2) is 0 Å². The zero-order valence-electron chi connectivity index (χ0n) is 10.5. The standard InChI is InChI=1S/C12H14BrNO5S/c13-10-4-3-8(12(16)17)6-11(10)20(18,19)14-5-1-2-9(14)7-15/h3-4,6,9,15H,1-2,5,7H2,(H,16,17)/t9-/m0/s1. The first-order chi connectivity index (χ1) is 9.37. The summed E-state index contributed by atoms with van der Waals surface area (Å²) in [6, 6.07) is 3.42. The van der Waals surface area contributed by atoms with Gasteiger partial charge in [-0.3, -0.25) is 0 Å². The van der Waals surface area contributed by atoms with Crippen LogP contribution in [0.2, 0.25) is 0 Å². The molecule has 8 heteroatoms. The van der Waals surface area contributed by atoms with Crippen LogP contribution in [0.15, 0.2) is 27.6 Å². The minimum absolute atomic E-state index is 0.0854. The Morgan fingerprint density at radius 3 is 2.75 bits per heavy atom. The van der Waals surface area contributed by atoms with Crippen LogP contribution >= 0.6 is 15.9 Å². The molecule has 1 aromatic rings. The molecule has 1 fully saturated rings. The summed E-state index contributed by atoms with van der Waals surface area (Å²) in [5.41, 5.74) is -0.0912. The minimum atomic E-state index is -3.82. The number of carboxylic acid groups (broad SMARTS) is 1. The second kappa shape index (κ2) is 5.80. The maximum atomic E-state index is 12.6. The number of carboxylic acids is 1. The summed E-state index contributed by atoms with van der Waals surface area (Å²) in [6.07, 6.45) is 1.28. The van der Waals surface area contributed by atoms with Crippen LogP contribution in [0.25, 0.3) is 0 Å². The lowest BCUT2D eigenvalue weighted by Crippen LogP contribution is -2.37. The smallest absolute Gasteiger partial charge is 0.335 e. The van der Waals surface area contributed by atoms with Gasteiger partial charge in [0.25, 0.3) is 0 Å². The summed E-state index contributed by atoms with van der Waals surface area (Å²) in [7, 11) is -3.82. The third-order valence-corrected chi connectivity index (χ3v) is 6.24. The lowest BCUT2D eigenvalue weighted by Gasteiger charge is -2.23. The van der Waals surface area contributed by atoms with Crippen LogP contribution in [-0.2, 0) is 10.0 Å². The Morgan fingerprint density at radius 2 is 2.15 bits per heavy atom. The van der Waals surface area contributed by atoms with Crippen LogP contribution in [-0.4, -0.2) is 48.1 Å². The van der Waals surface area contributed by atoms with Crippen molar-refractivity contribution in [2.75, 3.05) is 13.2 Å². The molecule has 0 spiro atoms. The van der Waals surface area contributed by atoms with Crippen LogP contribution < -0.4 is 0 Å². The van der Waals surface area contributed by atoms with Crippen molar-refractivity contribution in [2.24, 2.45) is 0 Å². The summed E-state index contributed by atoms with van der Waals surface area (Å²) >= 11 is 3.14. The number of hydrogen-bond donors (Lipinski definition) is 2. The molecule has 20 heavy (non-hydrogen) atoms. The molecular weight excluding hydrogens is 350 g/mol. The van der Waals surface area contributed by atoms with Crippen LogP contribution in [0.3, 0.4) is 0 Å². The number of nitrogens with zero attached hydrogens (tertiary/aromatic N) is 1. The summed E-state index contributed by atoms with van der Waals surface area (Å²) in [5, 5.41) is 18.2. The highest BCUT2D eigenvalue weighted by atomic mass is 79.9. The van der Waals surface area contributed by atoms with Crippen molar-refractivity contribution in [3.05, 3.63) is 28.2 Å². The molecule has 1 aliphatic rings. The van der Waals surface area contributed by atoms with E-state index >= 15 is 0 Å². The Labute approximate surface area is 125 Å². The van der Waals surface area contributed by atoms with Crippen molar-refractivity contribution in [1.82, 2.24) is 4.31 Å². The molecule has 0 saturated carbocycles. The fourth-order valence-corrected chi connectivity index (χ4v) is 4.91. The van der Waals surface area contributed by atoms with Crippen LogP contribution in [0.5, 0.6) is 0 Å². The van der Waals surface area contributed by atoms with Gasteiger partial charge in [0, 0.05) is 17.1 Å². The Bertz CT molecular complexity index is 631. The van der Waals surface area contributed by atoms with E-state index < -0.39 is 22.0 Å².